The predicted octanol–water partition coefficient (Wildman–Crippen LogP) is 4.19. The van der Waals surface area contributed by atoms with Crippen LogP contribution < -0.4 is 19.1 Å². The number of nitrogens with one attached hydrogen (secondary N) is 1. The molecular weight excluding hydrogens is 450 g/mol. The Morgan fingerprint density at radius 2 is 1.71 bits per heavy atom. The van der Waals surface area contributed by atoms with Gasteiger partial charge in [0.1, 0.15) is 22.3 Å². The van der Waals surface area contributed by atoms with Crippen molar-refractivity contribution in [3.8, 4) is 11.5 Å². The number of methoxy groups -OCH3 is 1. The molecule has 31 heavy (non-hydrogen) atoms. The average Bonchev–Trinajstić information content (AvgIpc) is 3.29. The smallest absolute Gasteiger partial charge is 0.387 e. The quantitative estimate of drug-likeness (QED) is 0.509. The van der Waals surface area contributed by atoms with Gasteiger partial charge in [0.05, 0.1) is 12.8 Å². The zero-order chi connectivity index (χ0) is 22.4. The molecule has 0 saturated carbocycles. The molecule has 0 fully saturated rings. The summed E-state index contributed by atoms with van der Waals surface area (Å²) in [5.74, 6) is -0.139. The van der Waals surface area contributed by atoms with Gasteiger partial charge in [0.15, 0.2) is 0 Å². The van der Waals surface area contributed by atoms with E-state index in [1.165, 1.54) is 49.6 Å². The number of hydrogen-bond acceptors (Lipinski definition) is 6. The van der Waals surface area contributed by atoms with Crippen molar-refractivity contribution in [1.29, 1.82) is 0 Å². The number of sulfonamides is 1. The highest BCUT2D eigenvalue weighted by Crippen LogP contribution is 2.28. The summed E-state index contributed by atoms with van der Waals surface area (Å²) in [5.41, 5.74) is 0.583. The number of ether oxygens (including phenoxy) is 2. The number of rotatable bonds is 9. The normalized spacial score (nSPS) is 11.2. The van der Waals surface area contributed by atoms with Gasteiger partial charge >= 0.3 is 6.61 Å². The van der Waals surface area contributed by atoms with Crippen molar-refractivity contribution in [2.45, 2.75) is 10.8 Å². The predicted molar refractivity (Wildman–Crippen MR) is 114 cm³/mol. The molecule has 1 heterocycles. The number of hydrogen-bond donors (Lipinski definition) is 1. The van der Waals surface area contributed by atoms with Gasteiger partial charge in [-0.3, -0.25) is 9.10 Å². The summed E-state index contributed by atoms with van der Waals surface area (Å²) in [5, 5.41) is 4.18. The third-order valence-electron chi connectivity index (χ3n) is 4.05. The number of anilines is 2. The van der Waals surface area contributed by atoms with E-state index in [-0.39, 0.29) is 15.6 Å². The number of carbonyl (C=O) groups is 1. The lowest BCUT2D eigenvalue weighted by Gasteiger charge is -2.23. The molecule has 11 heteroatoms. The summed E-state index contributed by atoms with van der Waals surface area (Å²) in [4.78, 5) is 12.6. The van der Waals surface area contributed by atoms with Crippen LogP contribution in [0.2, 0.25) is 0 Å². The number of thiophene rings is 1. The second-order valence-electron chi connectivity index (χ2n) is 6.09. The van der Waals surface area contributed by atoms with Gasteiger partial charge in [-0.15, -0.1) is 11.3 Å². The lowest BCUT2D eigenvalue weighted by Crippen LogP contribution is -2.37. The van der Waals surface area contributed by atoms with Gasteiger partial charge in [-0.05, 0) is 60.0 Å². The Bertz CT molecular complexity index is 1100. The first kappa shape index (κ1) is 22.5. The van der Waals surface area contributed by atoms with E-state index in [9.17, 15) is 22.0 Å². The minimum atomic E-state index is -3.99. The topological polar surface area (TPSA) is 84.9 Å². The van der Waals surface area contributed by atoms with Crippen LogP contribution in [0.5, 0.6) is 11.5 Å². The standard InChI is InChI=1S/C20H18F2N2O5S2/c1-28-16-10-6-15(7-11-16)24(31(26,27)19-3-2-12-30-19)13-18(25)23-14-4-8-17(9-5-14)29-20(21)22/h2-12,20H,13H2,1H3,(H,23,25). The van der Waals surface area contributed by atoms with Gasteiger partial charge in [-0.25, -0.2) is 8.42 Å². The molecule has 1 aromatic heterocycles. The first-order chi connectivity index (χ1) is 14.8. The number of carbonyl (C=O) groups excluding carboxylic acids is 1. The van der Waals surface area contributed by atoms with Crippen LogP contribution in [0.15, 0.2) is 70.3 Å². The number of halogens is 2. The lowest BCUT2D eigenvalue weighted by molar-refractivity contribution is -0.114. The minimum absolute atomic E-state index is 0.0619. The SMILES string of the molecule is COc1ccc(N(CC(=O)Nc2ccc(OC(F)F)cc2)S(=O)(=O)c2cccs2)cc1. The molecule has 0 saturated heterocycles. The molecule has 0 aliphatic rings. The van der Waals surface area contributed by atoms with Crippen LogP contribution in [0.4, 0.5) is 20.2 Å². The van der Waals surface area contributed by atoms with Crippen LogP contribution in [-0.2, 0) is 14.8 Å². The Labute approximate surface area is 181 Å². The second kappa shape index (κ2) is 9.75. The van der Waals surface area contributed by atoms with Crippen molar-refractivity contribution in [3.63, 3.8) is 0 Å². The molecule has 2 aromatic carbocycles. The minimum Gasteiger partial charge on any atom is -0.497 e. The van der Waals surface area contributed by atoms with Gasteiger partial charge in [-0.2, -0.15) is 8.78 Å². The summed E-state index contributed by atoms with van der Waals surface area (Å²) in [6.45, 7) is -3.46. The van der Waals surface area contributed by atoms with Crippen molar-refractivity contribution >= 4 is 38.6 Å². The van der Waals surface area contributed by atoms with Crippen LogP contribution in [0.1, 0.15) is 0 Å². The van der Waals surface area contributed by atoms with Crippen LogP contribution in [-0.4, -0.2) is 34.6 Å². The summed E-state index contributed by atoms with van der Waals surface area (Å²) >= 11 is 1.04. The van der Waals surface area contributed by atoms with E-state index < -0.39 is 29.1 Å². The number of benzene rings is 2. The molecule has 7 nitrogen and oxygen atoms in total. The van der Waals surface area contributed by atoms with Gasteiger partial charge in [0, 0.05) is 5.69 Å². The Balaban J connectivity index is 1.81. The highest BCUT2D eigenvalue weighted by Gasteiger charge is 2.28. The van der Waals surface area contributed by atoms with Gasteiger partial charge in [0.2, 0.25) is 5.91 Å². The van der Waals surface area contributed by atoms with Crippen LogP contribution in [0.25, 0.3) is 0 Å². The highest BCUT2D eigenvalue weighted by atomic mass is 32.2. The van der Waals surface area contributed by atoms with E-state index in [4.69, 9.17) is 4.74 Å². The third kappa shape index (κ3) is 5.70. The van der Waals surface area contributed by atoms with Crippen LogP contribution in [0.3, 0.4) is 0 Å². The molecule has 1 N–H and O–H groups in total. The Morgan fingerprint density at radius 3 is 2.26 bits per heavy atom. The van der Waals surface area contributed by atoms with Crippen molar-refractivity contribution < 1.29 is 31.5 Å². The fourth-order valence-corrected chi connectivity index (χ4v) is 5.16. The molecular formula is C20H18F2N2O5S2. The van der Waals surface area contributed by atoms with Gasteiger partial charge < -0.3 is 14.8 Å². The monoisotopic (exact) mass is 468 g/mol. The first-order valence-corrected chi connectivity index (χ1v) is 11.2. The van der Waals surface area contributed by atoms with E-state index in [0.29, 0.717) is 11.4 Å². The molecule has 0 radical (unpaired) electrons. The molecule has 3 rings (SSSR count). The third-order valence-corrected chi connectivity index (χ3v) is 7.20. The van der Waals surface area contributed by atoms with Crippen LogP contribution >= 0.6 is 11.3 Å². The van der Waals surface area contributed by atoms with E-state index in [1.807, 2.05) is 0 Å². The highest BCUT2D eigenvalue weighted by molar-refractivity contribution is 7.94. The molecule has 0 aliphatic carbocycles. The van der Waals surface area contributed by atoms with Crippen LogP contribution in [0, 0.1) is 0 Å². The van der Waals surface area contributed by atoms with Gasteiger partial charge in [0.25, 0.3) is 10.0 Å². The maximum absolute atomic E-state index is 13.1. The fourth-order valence-electron chi connectivity index (χ4n) is 2.63. The van der Waals surface area contributed by atoms with Crippen molar-refractivity contribution in [1.82, 2.24) is 0 Å². The zero-order valence-electron chi connectivity index (χ0n) is 16.2. The van der Waals surface area contributed by atoms with Gasteiger partial charge in [-0.1, -0.05) is 6.07 Å². The van der Waals surface area contributed by atoms with E-state index in [2.05, 4.69) is 10.1 Å². The summed E-state index contributed by atoms with van der Waals surface area (Å²) in [6.07, 6.45) is 0. The summed E-state index contributed by atoms with van der Waals surface area (Å²) < 4.78 is 61.2. The Kier molecular flexibility index (Phi) is 7.08. The Morgan fingerprint density at radius 1 is 1.06 bits per heavy atom. The number of nitrogens with zero attached hydrogens (tertiary/aromatic N) is 1. The van der Waals surface area contributed by atoms with E-state index >= 15 is 0 Å². The molecule has 3 aromatic rings. The van der Waals surface area contributed by atoms with Crippen molar-refractivity contribution in [2.75, 3.05) is 23.3 Å². The molecule has 1 amide bonds. The van der Waals surface area contributed by atoms with E-state index in [0.717, 1.165) is 15.6 Å². The summed E-state index contributed by atoms with van der Waals surface area (Å²) in [7, 11) is -2.50. The average molecular weight is 469 g/mol. The second-order valence-corrected chi connectivity index (χ2v) is 9.13. The van der Waals surface area contributed by atoms with Crippen molar-refractivity contribution in [2.24, 2.45) is 0 Å². The largest absolute Gasteiger partial charge is 0.497 e. The van der Waals surface area contributed by atoms with E-state index in [1.54, 1.807) is 23.6 Å². The Hall–Kier alpha value is -3.18. The maximum Gasteiger partial charge on any atom is 0.387 e. The molecule has 0 aliphatic heterocycles. The molecule has 0 bridgehead atoms. The molecule has 0 atom stereocenters. The number of alkyl halides is 2. The maximum atomic E-state index is 13.1. The lowest BCUT2D eigenvalue weighted by atomic mass is 10.3. The van der Waals surface area contributed by atoms with Crippen molar-refractivity contribution in [3.05, 3.63) is 66.0 Å². The first-order valence-electron chi connectivity index (χ1n) is 8.84. The summed E-state index contributed by atoms with van der Waals surface area (Å²) in [6, 6.07) is 14.6. The molecule has 0 unspecified atom stereocenters. The molecule has 164 valence electrons. The molecule has 0 spiro atoms. The number of amides is 1. The fraction of sp³-hybridized carbons (Fsp3) is 0.150. The zero-order valence-corrected chi connectivity index (χ0v) is 17.8.